The molecule has 0 atom stereocenters. The van der Waals surface area contributed by atoms with Crippen LogP contribution in [0.3, 0.4) is 0 Å². The van der Waals surface area contributed by atoms with Gasteiger partial charge in [0.1, 0.15) is 6.07 Å². The number of carbonyl (C=O) groups is 1. The minimum atomic E-state index is -0.411. The first-order chi connectivity index (χ1) is 7.63. The maximum atomic E-state index is 11.1. The summed E-state index contributed by atoms with van der Waals surface area (Å²) in [5, 5.41) is 9.28. The number of hydrogen-bond acceptors (Lipinski definition) is 3. The Kier molecular flexibility index (Phi) is 4.60. The van der Waals surface area contributed by atoms with E-state index in [2.05, 4.69) is 4.74 Å². The van der Waals surface area contributed by atoms with Crippen LogP contribution < -0.4 is 0 Å². The molecule has 0 heterocycles. The van der Waals surface area contributed by atoms with Crippen LogP contribution in [-0.4, -0.2) is 13.1 Å². The molecule has 0 amide bonds. The van der Waals surface area contributed by atoms with E-state index < -0.39 is 5.97 Å². The summed E-state index contributed by atoms with van der Waals surface area (Å²) < 4.78 is 4.53. The van der Waals surface area contributed by atoms with E-state index in [0.717, 1.165) is 0 Å². The Morgan fingerprint density at radius 3 is 2.62 bits per heavy atom. The van der Waals surface area contributed by atoms with Gasteiger partial charge in [0.25, 0.3) is 0 Å². The van der Waals surface area contributed by atoms with Crippen LogP contribution >= 0.6 is 23.2 Å². The van der Waals surface area contributed by atoms with Gasteiger partial charge in [-0.1, -0.05) is 23.7 Å². The van der Waals surface area contributed by atoms with Gasteiger partial charge < -0.3 is 4.74 Å². The van der Waals surface area contributed by atoms with Crippen molar-refractivity contribution in [1.82, 2.24) is 0 Å². The Morgan fingerprint density at radius 2 is 2.12 bits per heavy atom. The largest absolute Gasteiger partial charge is 0.469 e. The second-order valence-electron chi connectivity index (χ2n) is 3.07. The van der Waals surface area contributed by atoms with Crippen LogP contribution in [0.2, 0.25) is 5.02 Å². The summed E-state index contributed by atoms with van der Waals surface area (Å²) in [6, 6.07) is 5.34. The van der Waals surface area contributed by atoms with E-state index in [1.807, 2.05) is 6.07 Å². The van der Waals surface area contributed by atoms with Crippen molar-refractivity contribution in [2.24, 2.45) is 0 Å². The minimum Gasteiger partial charge on any atom is -0.469 e. The second-order valence-corrected chi connectivity index (χ2v) is 3.72. The number of halogens is 2. The number of hydrogen-bond donors (Lipinski definition) is 0. The van der Waals surface area contributed by atoms with Crippen LogP contribution in [0.15, 0.2) is 12.1 Å². The molecule has 0 aromatic heterocycles. The van der Waals surface area contributed by atoms with Gasteiger partial charge >= 0.3 is 5.97 Å². The molecule has 1 rings (SSSR count). The van der Waals surface area contributed by atoms with Gasteiger partial charge in [0, 0.05) is 5.88 Å². The van der Waals surface area contributed by atoms with E-state index in [9.17, 15) is 4.79 Å². The van der Waals surface area contributed by atoms with Crippen molar-refractivity contribution in [1.29, 1.82) is 5.26 Å². The predicted molar refractivity (Wildman–Crippen MR) is 61.4 cm³/mol. The highest BCUT2D eigenvalue weighted by Gasteiger charge is 2.13. The maximum absolute atomic E-state index is 11.1. The zero-order chi connectivity index (χ0) is 12.1. The summed E-state index contributed by atoms with van der Waals surface area (Å²) in [5.41, 5.74) is 1.51. The first kappa shape index (κ1) is 12.8. The number of ether oxygens (including phenoxy) is 1. The van der Waals surface area contributed by atoms with Gasteiger partial charge in [0.2, 0.25) is 0 Å². The lowest BCUT2D eigenvalue weighted by Gasteiger charge is -2.07. The first-order valence-corrected chi connectivity index (χ1v) is 5.38. The van der Waals surface area contributed by atoms with Crippen molar-refractivity contribution in [3.8, 4) is 6.07 Å². The Balaban J connectivity index is 3.17. The molecule has 3 nitrogen and oxygen atoms in total. The number of nitriles is 1. The fraction of sp³-hybridized carbons (Fsp3) is 0.273. The minimum absolute atomic E-state index is 0.0294. The van der Waals surface area contributed by atoms with Crippen molar-refractivity contribution < 1.29 is 9.53 Å². The molecule has 0 fully saturated rings. The summed E-state index contributed by atoms with van der Waals surface area (Å²) in [6.07, 6.45) is 0.0294. The quantitative estimate of drug-likeness (QED) is 0.618. The van der Waals surface area contributed by atoms with E-state index >= 15 is 0 Å². The van der Waals surface area contributed by atoms with Crippen molar-refractivity contribution in [3.63, 3.8) is 0 Å². The van der Waals surface area contributed by atoms with Gasteiger partial charge in [0.15, 0.2) is 0 Å². The van der Waals surface area contributed by atoms with Crippen LogP contribution in [0, 0.1) is 11.3 Å². The molecular weight excluding hydrogens is 249 g/mol. The van der Waals surface area contributed by atoms with Crippen LogP contribution in [0.5, 0.6) is 0 Å². The fourth-order valence-corrected chi connectivity index (χ4v) is 1.84. The van der Waals surface area contributed by atoms with Gasteiger partial charge in [-0.3, -0.25) is 4.79 Å². The number of esters is 1. The fourth-order valence-electron chi connectivity index (χ4n) is 1.26. The lowest BCUT2D eigenvalue weighted by molar-refractivity contribution is -0.139. The Morgan fingerprint density at radius 1 is 1.50 bits per heavy atom. The maximum Gasteiger partial charge on any atom is 0.310 e. The van der Waals surface area contributed by atoms with Gasteiger partial charge in [-0.15, -0.1) is 11.6 Å². The average Bonchev–Trinajstić information content (AvgIpc) is 2.29. The summed E-state index contributed by atoms with van der Waals surface area (Å²) in [6.45, 7) is 0. The number of methoxy groups -OCH3 is 1. The summed E-state index contributed by atoms with van der Waals surface area (Å²) in [5.74, 6) is -0.183. The Bertz CT molecular complexity index is 452. The van der Waals surface area contributed by atoms with E-state index in [4.69, 9.17) is 28.5 Å². The van der Waals surface area contributed by atoms with Crippen LogP contribution in [0.4, 0.5) is 0 Å². The van der Waals surface area contributed by atoms with Gasteiger partial charge in [-0.25, -0.2) is 0 Å². The van der Waals surface area contributed by atoms with Crippen LogP contribution in [-0.2, 0) is 21.8 Å². The summed E-state index contributed by atoms with van der Waals surface area (Å²) in [4.78, 5) is 11.1. The van der Waals surface area contributed by atoms with Crippen molar-refractivity contribution in [2.75, 3.05) is 7.11 Å². The smallest absolute Gasteiger partial charge is 0.310 e. The van der Waals surface area contributed by atoms with E-state index in [1.165, 1.54) is 7.11 Å². The van der Waals surface area contributed by atoms with Gasteiger partial charge in [0.05, 0.1) is 24.1 Å². The number of rotatable bonds is 3. The summed E-state index contributed by atoms with van der Waals surface area (Å²) >= 11 is 11.6. The van der Waals surface area contributed by atoms with E-state index in [1.54, 1.807) is 12.1 Å². The highest BCUT2D eigenvalue weighted by Crippen LogP contribution is 2.25. The molecule has 0 spiro atoms. The predicted octanol–water partition coefficient (Wildman–Crippen LogP) is 2.67. The Labute approximate surface area is 104 Å². The van der Waals surface area contributed by atoms with Crippen LogP contribution in [0.1, 0.15) is 16.7 Å². The normalized spacial score (nSPS) is 9.62. The summed E-state index contributed by atoms with van der Waals surface area (Å²) in [7, 11) is 1.29. The molecule has 5 heteroatoms. The number of benzene rings is 1. The molecular formula is C11H9Cl2NO2. The molecule has 0 aliphatic heterocycles. The average molecular weight is 258 g/mol. The molecule has 1 aromatic rings. The molecule has 0 N–H and O–H groups in total. The molecule has 0 aliphatic carbocycles. The molecule has 16 heavy (non-hydrogen) atoms. The highest BCUT2D eigenvalue weighted by atomic mass is 35.5. The van der Waals surface area contributed by atoms with E-state index in [0.29, 0.717) is 16.1 Å². The van der Waals surface area contributed by atoms with Crippen molar-refractivity contribution >= 4 is 29.2 Å². The first-order valence-electron chi connectivity index (χ1n) is 4.47. The molecule has 0 saturated carbocycles. The third-order valence-corrected chi connectivity index (χ3v) is 2.85. The van der Waals surface area contributed by atoms with Gasteiger partial charge in [-0.05, 0) is 11.1 Å². The molecule has 0 unspecified atom stereocenters. The van der Waals surface area contributed by atoms with Crippen molar-refractivity contribution in [3.05, 3.63) is 33.8 Å². The number of alkyl halides is 1. The zero-order valence-corrected chi connectivity index (χ0v) is 10.1. The van der Waals surface area contributed by atoms with E-state index in [-0.39, 0.29) is 17.9 Å². The molecule has 0 bridgehead atoms. The third kappa shape index (κ3) is 2.66. The van der Waals surface area contributed by atoms with Crippen LogP contribution in [0.25, 0.3) is 0 Å². The van der Waals surface area contributed by atoms with Crippen molar-refractivity contribution in [2.45, 2.75) is 12.3 Å². The SMILES string of the molecule is COC(=O)Cc1ccc(CCl)c(Cl)c1C#N. The number of carbonyl (C=O) groups excluding carboxylic acids is 1. The third-order valence-electron chi connectivity index (χ3n) is 2.13. The molecule has 1 aromatic carbocycles. The molecule has 0 radical (unpaired) electrons. The lowest BCUT2D eigenvalue weighted by Crippen LogP contribution is -2.06. The molecule has 84 valence electrons. The monoisotopic (exact) mass is 257 g/mol. The molecule has 0 saturated heterocycles. The standard InChI is InChI=1S/C11H9Cl2NO2/c1-16-10(15)4-7-2-3-8(5-12)11(13)9(7)6-14/h2-3H,4-5H2,1H3. The Hall–Kier alpha value is -1.24. The highest BCUT2D eigenvalue weighted by molar-refractivity contribution is 6.33. The lowest BCUT2D eigenvalue weighted by atomic mass is 10.0. The zero-order valence-electron chi connectivity index (χ0n) is 8.59. The topological polar surface area (TPSA) is 50.1 Å². The number of nitrogens with zero attached hydrogens (tertiary/aromatic N) is 1. The molecule has 0 aliphatic rings. The van der Waals surface area contributed by atoms with Gasteiger partial charge in [-0.2, -0.15) is 5.26 Å². The second kappa shape index (κ2) is 5.74.